The van der Waals surface area contributed by atoms with E-state index in [9.17, 15) is 9.18 Å². The third-order valence-electron chi connectivity index (χ3n) is 5.06. The first kappa shape index (κ1) is 21.4. The summed E-state index contributed by atoms with van der Waals surface area (Å²) in [6, 6.07) is 9.48. The predicted octanol–water partition coefficient (Wildman–Crippen LogP) is 4.20. The number of hydrogen-bond donors (Lipinski definition) is 1. The van der Waals surface area contributed by atoms with Crippen molar-refractivity contribution < 1.29 is 13.9 Å². The number of rotatable bonds is 5. The Balaban J connectivity index is 1.61. The minimum Gasteiger partial charge on any atom is -0.372 e. The molecule has 1 aromatic carbocycles. The Hall–Kier alpha value is -2.84. The Kier molecular flexibility index (Phi) is 6.29. The van der Waals surface area contributed by atoms with Gasteiger partial charge in [0, 0.05) is 30.5 Å². The molecule has 0 unspecified atom stereocenters. The van der Waals surface area contributed by atoms with Crippen LogP contribution >= 0.6 is 11.3 Å². The number of hydrogen-bond acceptors (Lipinski definition) is 6. The number of aromatic nitrogens is 2. The lowest BCUT2D eigenvalue weighted by Gasteiger charge is -2.35. The second kappa shape index (κ2) is 9.11. The first-order valence-electron chi connectivity index (χ1n) is 10.3. The van der Waals surface area contributed by atoms with Crippen molar-refractivity contribution in [1.82, 2.24) is 15.3 Å². The van der Waals surface area contributed by atoms with Gasteiger partial charge in [-0.15, -0.1) is 0 Å². The summed E-state index contributed by atoms with van der Waals surface area (Å²) in [6.07, 6.45) is 2.03. The van der Waals surface area contributed by atoms with E-state index in [4.69, 9.17) is 9.72 Å². The molecule has 1 N–H and O–H groups in total. The third kappa shape index (κ3) is 5.08. The van der Waals surface area contributed by atoms with Crippen LogP contribution in [0, 0.1) is 12.7 Å². The number of carbonyl (C=O) groups excluding carboxylic acids is 1. The van der Waals surface area contributed by atoms with Gasteiger partial charge in [0.15, 0.2) is 5.13 Å². The number of aryl methyl sites for hydroxylation is 1. The molecule has 1 fully saturated rings. The maximum absolute atomic E-state index is 13.1. The van der Waals surface area contributed by atoms with Gasteiger partial charge in [0.2, 0.25) is 0 Å². The summed E-state index contributed by atoms with van der Waals surface area (Å²) in [4.78, 5) is 25.0. The van der Waals surface area contributed by atoms with E-state index in [2.05, 4.69) is 29.0 Å². The summed E-state index contributed by atoms with van der Waals surface area (Å²) in [5.74, 6) is -0.634. The van der Waals surface area contributed by atoms with Gasteiger partial charge in [-0.25, -0.2) is 9.37 Å². The zero-order valence-electron chi connectivity index (χ0n) is 17.8. The lowest BCUT2D eigenvalue weighted by molar-refractivity contribution is -0.00523. The van der Waals surface area contributed by atoms with Crippen molar-refractivity contribution in [3.8, 4) is 10.4 Å². The molecule has 0 aliphatic carbocycles. The van der Waals surface area contributed by atoms with E-state index >= 15 is 0 Å². The molecule has 0 saturated carbocycles. The first-order valence-corrected chi connectivity index (χ1v) is 11.1. The molecule has 6 nitrogen and oxygen atoms in total. The van der Waals surface area contributed by atoms with Crippen LogP contribution < -0.4 is 10.2 Å². The molecule has 1 amide bonds. The molecule has 1 aliphatic heterocycles. The Bertz CT molecular complexity index is 1060. The van der Waals surface area contributed by atoms with Gasteiger partial charge >= 0.3 is 0 Å². The average Bonchev–Trinajstić information content (AvgIpc) is 3.16. The third-order valence-corrected chi connectivity index (χ3v) is 6.27. The Labute approximate surface area is 185 Å². The lowest BCUT2D eigenvalue weighted by atomic mass is 10.1. The Morgan fingerprint density at radius 1 is 1.23 bits per heavy atom. The van der Waals surface area contributed by atoms with Crippen molar-refractivity contribution in [3.05, 3.63) is 65.4 Å². The van der Waals surface area contributed by atoms with E-state index in [1.807, 2.05) is 19.1 Å². The molecule has 1 saturated heterocycles. The molecule has 162 valence electrons. The highest BCUT2D eigenvalue weighted by molar-refractivity contribution is 7.19. The van der Waals surface area contributed by atoms with Gasteiger partial charge in [-0.05, 0) is 62.7 Å². The molecule has 2 aromatic heterocycles. The van der Waals surface area contributed by atoms with E-state index in [1.165, 1.54) is 24.3 Å². The van der Waals surface area contributed by atoms with Crippen LogP contribution in [0.4, 0.5) is 9.52 Å². The number of thiazole rings is 1. The number of ether oxygens (including phenoxy) is 1. The van der Waals surface area contributed by atoms with Gasteiger partial charge in [0.25, 0.3) is 5.91 Å². The van der Waals surface area contributed by atoms with Gasteiger partial charge in [-0.2, -0.15) is 0 Å². The standard InChI is InChI=1S/C23H25FN4O2S/c1-14-10-18(8-9-25-14)21-20(11-26-22(29)17-4-6-19(24)7-5-17)27-23(31-21)28-12-15(2)30-16(3)13-28/h4-10,15-16H,11-13H2,1-3H3,(H,26,29)/t15-,16+. The van der Waals surface area contributed by atoms with Crippen molar-refractivity contribution in [1.29, 1.82) is 0 Å². The van der Waals surface area contributed by atoms with Crippen LogP contribution in [-0.4, -0.2) is 41.2 Å². The zero-order chi connectivity index (χ0) is 22.0. The van der Waals surface area contributed by atoms with E-state index < -0.39 is 0 Å². The van der Waals surface area contributed by atoms with Crippen molar-refractivity contribution in [2.75, 3.05) is 18.0 Å². The number of nitrogens with zero attached hydrogens (tertiary/aromatic N) is 3. The van der Waals surface area contributed by atoms with Crippen molar-refractivity contribution in [2.24, 2.45) is 0 Å². The SMILES string of the molecule is Cc1cc(-c2sc(N3C[C@@H](C)O[C@@H](C)C3)nc2CNC(=O)c2ccc(F)cc2)ccn1. The fraction of sp³-hybridized carbons (Fsp3) is 0.348. The summed E-state index contributed by atoms with van der Waals surface area (Å²) in [5.41, 5.74) is 3.15. The molecular formula is C23H25FN4O2S. The molecule has 3 heterocycles. The molecule has 0 bridgehead atoms. The van der Waals surface area contributed by atoms with Gasteiger partial charge in [0.05, 0.1) is 29.3 Å². The molecule has 0 spiro atoms. The summed E-state index contributed by atoms with van der Waals surface area (Å²) in [6.45, 7) is 7.90. The van der Waals surface area contributed by atoms with Gasteiger partial charge in [0.1, 0.15) is 5.82 Å². The number of carbonyl (C=O) groups is 1. The highest BCUT2D eigenvalue weighted by Crippen LogP contribution is 2.36. The topological polar surface area (TPSA) is 67.3 Å². The molecular weight excluding hydrogens is 415 g/mol. The molecule has 0 radical (unpaired) electrons. The molecule has 31 heavy (non-hydrogen) atoms. The second-order valence-electron chi connectivity index (χ2n) is 7.81. The molecule has 8 heteroatoms. The van der Waals surface area contributed by atoms with Crippen LogP contribution in [0.3, 0.4) is 0 Å². The van der Waals surface area contributed by atoms with E-state index in [0.717, 1.165) is 40.0 Å². The summed E-state index contributed by atoms with van der Waals surface area (Å²) >= 11 is 1.61. The highest BCUT2D eigenvalue weighted by Gasteiger charge is 2.26. The Morgan fingerprint density at radius 2 is 1.94 bits per heavy atom. The minimum absolute atomic E-state index is 0.126. The number of pyridine rings is 1. The van der Waals surface area contributed by atoms with E-state index in [-0.39, 0.29) is 30.5 Å². The lowest BCUT2D eigenvalue weighted by Crippen LogP contribution is -2.45. The normalized spacial score (nSPS) is 18.8. The number of morpholine rings is 1. The van der Waals surface area contributed by atoms with Gasteiger partial charge < -0.3 is 15.0 Å². The second-order valence-corrected chi connectivity index (χ2v) is 8.79. The van der Waals surface area contributed by atoms with Crippen LogP contribution in [0.5, 0.6) is 0 Å². The zero-order valence-corrected chi connectivity index (χ0v) is 18.6. The maximum Gasteiger partial charge on any atom is 0.251 e. The number of halogens is 1. The highest BCUT2D eigenvalue weighted by atomic mass is 32.1. The maximum atomic E-state index is 13.1. The Morgan fingerprint density at radius 3 is 2.61 bits per heavy atom. The van der Waals surface area contributed by atoms with E-state index in [0.29, 0.717) is 5.56 Å². The summed E-state index contributed by atoms with van der Waals surface area (Å²) in [7, 11) is 0. The predicted molar refractivity (Wildman–Crippen MR) is 120 cm³/mol. The molecule has 4 rings (SSSR count). The molecule has 2 atom stereocenters. The van der Waals surface area contributed by atoms with Gasteiger partial charge in [-0.3, -0.25) is 9.78 Å². The molecule has 3 aromatic rings. The van der Waals surface area contributed by atoms with Crippen LogP contribution in [0.1, 0.15) is 35.6 Å². The number of anilines is 1. The molecule has 1 aliphatic rings. The smallest absolute Gasteiger partial charge is 0.251 e. The van der Waals surface area contributed by atoms with Crippen LogP contribution in [-0.2, 0) is 11.3 Å². The monoisotopic (exact) mass is 440 g/mol. The van der Waals surface area contributed by atoms with Crippen LogP contribution in [0.25, 0.3) is 10.4 Å². The summed E-state index contributed by atoms with van der Waals surface area (Å²) < 4.78 is 19.0. The fourth-order valence-electron chi connectivity index (χ4n) is 3.71. The van der Waals surface area contributed by atoms with E-state index in [1.54, 1.807) is 17.5 Å². The number of nitrogens with one attached hydrogen (secondary N) is 1. The van der Waals surface area contributed by atoms with Crippen molar-refractivity contribution >= 4 is 22.4 Å². The van der Waals surface area contributed by atoms with Gasteiger partial charge in [-0.1, -0.05) is 11.3 Å². The fourth-order valence-corrected chi connectivity index (χ4v) is 4.81. The van der Waals surface area contributed by atoms with Crippen molar-refractivity contribution in [2.45, 2.75) is 39.5 Å². The first-order chi connectivity index (χ1) is 14.9. The van der Waals surface area contributed by atoms with Crippen LogP contribution in [0.15, 0.2) is 42.6 Å². The number of benzene rings is 1. The largest absolute Gasteiger partial charge is 0.372 e. The number of amides is 1. The quantitative estimate of drug-likeness (QED) is 0.644. The minimum atomic E-state index is -0.370. The summed E-state index contributed by atoms with van der Waals surface area (Å²) in [5, 5.41) is 3.83. The van der Waals surface area contributed by atoms with Crippen molar-refractivity contribution in [3.63, 3.8) is 0 Å². The average molecular weight is 441 g/mol. The van der Waals surface area contributed by atoms with Crippen LogP contribution in [0.2, 0.25) is 0 Å².